The molecule has 6 heteroatoms. The summed E-state index contributed by atoms with van der Waals surface area (Å²) in [6.07, 6.45) is 0. The van der Waals surface area contributed by atoms with Crippen molar-refractivity contribution in [1.29, 1.82) is 0 Å². The lowest BCUT2D eigenvalue weighted by molar-refractivity contribution is 0.456. The zero-order valence-corrected chi connectivity index (χ0v) is 15.9. The molecule has 0 unspecified atom stereocenters. The summed E-state index contributed by atoms with van der Waals surface area (Å²) in [5, 5.41) is 19.4. The first-order valence-electron chi connectivity index (χ1n) is 9.21. The van der Waals surface area contributed by atoms with Crippen LogP contribution < -0.4 is 20.9 Å². The predicted molar refractivity (Wildman–Crippen MR) is 117 cm³/mol. The van der Waals surface area contributed by atoms with Gasteiger partial charge >= 0.3 is 0 Å². The molecule has 4 rings (SSSR count). The minimum Gasteiger partial charge on any atom is -0.506 e. The third kappa shape index (κ3) is 4.23. The lowest BCUT2D eigenvalue weighted by Gasteiger charge is -2.10. The third-order valence-electron chi connectivity index (χ3n) is 4.50. The summed E-state index contributed by atoms with van der Waals surface area (Å²) in [7, 11) is 0. The lowest BCUT2D eigenvalue weighted by Crippen LogP contribution is -1.89. The average molecular weight is 400 g/mol. The van der Waals surface area contributed by atoms with Crippen LogP contribution in [-0.4, -0.2) is 10.2 Å². The molecule has 0 atom stereocenters. The van der Waals surface area contributed by atoms with Gasteiger partial charge in [-0.1, -0.05) is 24.3 Å². The topological polar surface area (TPSA) is 111 Å². The summed E-state index contributed by atoms with van der Waals surface area (Å²) >= 11 is 0. The van der Waals surface area contributed by atoms with Crippen molar-refractivity contribution in [2.75, 3.05) is 11.5 Å². The molecule has 0 amide bonds. The molecular weight excluding hydrogens is 380 g/mol. The molecule has 30 heavy (non-hydrogen) atoms. The van der Waals surface area contributed by atoms with E-state index in [-0.39, 0.29) is 11.5 Å². The van der Waals surface area contributed by atoms with E-state index in [9.17, 15) is 10.2 Å². The van der Waals surface area contributed by atoms with Gasteiger partial charge in [0.05, 0.1) is 11.4 Å². The van der Waals surface area contributed by atoms with E-state index in [1.54, 1.807) is 24.3 Å². The maximum absolute atomic E-state index is 9.73. The van der Waals surface area contributed by atoms with Crippen molar-refractivity contribution in [3.05, 3.63) is 84.9 Å². The maximum Gasteiger partial charge on any atom is 0.142 e. The number of hydrogen-bond donors (Lipinski definition) is 4. The highest BCUT2D eigenvalue weighted by atomic mass is 16.5. The average Bonchev–Trinajstić information content (AvgIpc) is 2.74. The van der Waals surface area contributed by atoms with Crippen molar-refractivity contribution in [2.45, 2.75) is 0 Å². The number of phenols is 2. The normalized spacial score (nSPS) is 10.5. The van der Waals surface area contributed by atoms with Crippen molar-refractivity contribution in [3.8, 4) is 45.6 Å². The standard InChI is InChI=1S/C24H20N2O4/c25-21-10-8-19(13-23(21)27)29-17-6-4-15(5-7-17)16-2-1-3-18(12-16)30-20-9-11-22(26)24(28)14-20/h1-14,27-28H,25-26H2. The quantitative estimate of drug-likeness (QED) is 0.259. The number of phenolic OH excluding ortho intramolecular Hbond substituents is 2. The van der Waals surface area contributed by atoms with Gasteiger partial charge in [-0.05, 0) is 59.7 Å². The van der Waals surface area contributed by atoms with Gasteiger partial charge in [0, 0.05) is 12.1 Å². The van der Waals surface area contributed by atoms with Crippen LogP contribution in [0.15, 0.2) is 84.9 Å². The largest absolute Gasteiger partial charge is 0.506 e. The highest BCUT2D eigenvalue weighted by Gasteiger charge is 2.06. The SMILES string of the molecule is Nc1ccc(Oc2ccc(-c3cccc(Oc4ccc(N)c(O)c4)c3)cc2)cc1O. The van der Waals surface area contributed by atoms with Gasteiger partial charge in [0.2, 0.25) is 0 Å². The summed E-state index contributed by atoms with van der Waals surface area (Å²) < 4.78 is 11.6. The monoisotopic (exact) mass is 400 g/mol. The minimum absolute atomic E-state index is 0.0182. The zero-order chi connectivity index (χ0) is 21.1. The molecule has 0 aliphatic heterocycles. The van der Waals surface area contributed by atoms with Crippen LogP contribution in [0.1, 0.15) is 0 Å². The first-order chi connectivity index (χ1) is 14.5. The van der Waals surface area contributed by atoms with Crippen LogP contribution in [0.25, 0.3) is 11.1 Å². The zero-order valence-electron chi connectivity index (χ0n) is 15.9. The molecule has 0 saturated heterocycles. The molecule has 4 aromatic rings. The van der Waals surface area contributed by atoms with Crippen LogP contribution in [0.5, 0.6) is 34.5 Å². The molecule has 150 valence electrons. The molecule has 0 aliphatic carbocycles. The van der Waals surface area contributed by atoms with Gasteiger partial charge in [-0.3, -0.25) is 0 Å². The first kappa shape index (κ1) is 19.0. The van der Waals surface area contributed by atoms with Crippen molar-refractivity contribution < 1.29 is 19.7 Å². The number of anilines is 2. The van der Waals surface area contributed by atoms with E-state index in [2.05, 4.69) is 0 Å². The maximum atomic E-state index is 9.73. The van der Waals surface area contributed by atoms with Crippen LogP contribution in [0.4, 0.5) is 11.4 Å². The fourth-order valence-corrected chi connectivity index (χ4v) is 2.90. The summed E-state index contributed by atoms with van der Waals surface area (Å²) in [4.78, 5) is 0. The Morgan fingerprint density at radius 1 is 0.500 bits per heavy atom. The molecule has 6 N–H and O–H groups in total. The van der Waals surface area contributed by atoms with Crippen molar-refractivity contribution in [2.24, 2.45) is 0 Å². The van der Waals surface area contributed by atoms with Crippen LogP contribution in [0, 0.1) is 0 Å². The summed E-state index contributed by atoms with van der Waals surface area (Å²) in [6, 6.07) is 24.7. The molecule has 6 nitrogen and oxygen atoms in total. The third-order valence-corrected chi connectivity index (χ3v) is 4.50. The van der Waals surface area contributed by atoms with Crippen molar-refractivity contribution in [3.63, 3.8) is 0 Å². The van der Waals surface area contributed by atoms with Gasteiger partial charge in [-0.2, -0.15) is 0 Å². The molecule has 0 aliphatic rings. The van der Waals surface area contributed by atoms with Crippen molar-refractivity contribution in [1.82, 2.24) is 0 Å². The van der Waals surface area contributed by atoms with E-state index in [0.717, 1.165) is 11.1 Å². The molecule has 0 spiro atoms. The molecule has 0 saturated carbocycles. The Balaban J connectivity index is 1.50. The van der Waals surface area contributed by atoms with Gasteiger partial charge in [0.25, 0.3) is 0 Å². The smallest absolute Gasteiger partial charge is 0.142 e. The fraction of sp³-hybridized carbons (Fsp3) is 0. The Morgan fingerprint density at radius 2 is 1.00 bits per heavy atom. The Bertz CT molecular complexity index is 1190. The summed E-state index contributed by atoms with van der Waals surface area (Å²) in [5.41, 5.74) is 13.8. The van der Waals surface area contributed by atoms with Gasteiger partial charge in [-0.15, -0.1) is 0 Å². The van der Waals surface area contributed by atoms with Crippen LogP contribution in [0.2, 0.25) is 0 Å². The predicted octanol–water partition coefficient (Wildman–Crippen LogP) is 5.51. The molecule has 0 heterocycles. The second kappa shape index (κ2) is 7.97. The number of benzene rings is 4. The number of aromatic hydroxyl groups is 2. The minimum atomic E-state index is -0.0198. The molecule has 0 aromatic heterocycles. The summed E-state index contributed by atoms with van der Waals surface area (Å²) in [6.45, 7) is 0. The van der Waals surface area contributed by atoms with Gasteiger partial charge in [-0.25, -0.2) is 0 Å². The number of nitrogens with two attached hydrogens (primary N) is 2. The lowest BCUT2D eigenvalue weighted by atomic mass is 10.1. The highest BCUT2D eigenvalue weighted by Crippen LogP contribution is 2.33. The number of nitrogen functional groups attached to an aromatic ring is 2. The van der Waals surface area contributed by atoms with E-state index in [1.807, 2.05) is 48.5 Å². The van der Waals surface area contributed by atoms with Crippen LogP contribution in [0.3, 0.4) is 0 Å². The van der Waals surface area contributed by atoms with Gasteiger partial charge in [0.1, 0.15) is 34.5 Å². The second-order valence-electron chi connectivity index (χ2n) is 6.70. The van der Waals surface area contributed by atoms with Crippen molar-refractivity contribution >= 4 is 11.4 Å². The Hall–Kier alpha value is -4.32. The van der Waals surface area contributed by atoms with E-state index in [4.69, 9.17) is 20.9 Å². The Labute approximate surface area is 173 Å². The first-order valence-corrected chi connectivity index (χ1v) is 9.21. The van der Waals surface area contributed by atoms with Gasteiger partial charge < -0.3 is 31.2 Å². The molecule has 4 aromatic carbocycles. The van der Waals surface area contributed by atoms with Gasteiger partial charge in [0.15, 0.2) is 0 Å². The number of ether oxygens (including phenoxy) is 2. The number of rotatable bonds is 5. The fourth-order valence-electron chi connectivity index (χ4n) is 2.90. The number of hydrogen-bond acceptors (Lipinski definition) is 6. The Kier molecular flexibility index (Phi) is 5.05. The second-order valence-corrected chi connectivity index (χ2v) is 6.70. The Morgan fingerprint density at radius 3 is 1.57 bits per heavy atom. The van der Waals surface area contributed by atoms with Crippen LogP contribution >= 0.6 is 0 Å². The summed E-state index contributed by atoms with van der Waals surface area (Å²) in [5.74, 6) is 2.22. The molecular formula is C24H20N2O4. The van der Waals surface area contributed by atoms with E-state index in [1.165, 1.54) is 12.1 Å². The van der Waals surface area contributed by atoms with Crippen LogP contribution in [-0.2, 0) is 0 Å². The molecule has 0 radical (unpaired) electrons. The highest BCUT2D eigenvalue weighted by molar-refractivity contribution is 5.66. The van der Waals surface area contributed by atoms with E-state index < -0.39 is 0 Å². The van der Waals surface area contributed by atoms with E-state index in [0.29, 0.717) is 34.4 Å². The van der Waals surface area contributed by atoms with E-state index >= 15 is 0 Å². The molecule has 0 bridgehead atoms. The molecule has 0 fully saturated rings.